The van der Waals surface area contributed by atoms with Crippen molar-refractivity contribution in [2.75, 3.05) is 0 Å². The molecule has 0 aromatic carbocycles. The largest absolute Gasteiger partial charge is 0.481 e. The molecule has 0 aromatic heterocycles. The molecular formula is C10H16O4. The number of carboxylic acids is 2. The summed E-state index contributed by atoms with van der Waals surface area (Å²) >= 11 is 0. The standard InChI is InChI=1S/C10H16O4/c11-9(12)7-5-3-1-2-4-6-8-10(13)14/h1-2H,3-8H2,(H,11,12)(H,13,14)/b2-1-. The summed E-state index contributed by atoms with van der Waals surface area (Å²) in [6, 6.07) is 0. The van der Waals surface area contributed by atoms with Crippen molar-refractivity contribution < 1.29 is 19.8 Å². The second-order valence-corrected chi connectivity index (χ2v) is 3.04. The highest BCUT2D eigenvalue weighted by Gasteiger charge is 1.94. The van der Waals surface area contributed by atoms with E-state index < -0.39 is 11.9 Å². The summed E-state index contributed by atoms with van der Waals surface area (Å²) in [6.07, 6.45) is 6.99. The normalized spacial score (nSPS) is 10.6. The molecular weight excluding hydrogens is 184 g/mol. The minimum atomic E-state index is -0.774. The van der Waals surface area contributed by atoms with Crippen molar-refractivity contribution in [3.05, 3.63) is 12.2 Å². The molecule has 0 amide bonds. The van der Waals surface area contributed by atoms with E-state index in [-0.39, 0.29) is 12.8 Å². The molecule has 0 fully saturated rings. The zero-order chi connectivity index (χ0) is 10.8. The maximum atomic E-state index is 10.1. The second kappa shape index (κ2) is 8.29. The molecule has 0 aliphatic carbocycles. The molecule has 0 spiro atoms. The van der Waals surface area contributed by atoms with E-state index in [1.54, 1.807) is 0 Å². The summed E-state index contributed by atoms with van der Waals surface area (Å²) in [7, 11) is 0. The Labute approximate surface area is 83.2 Å². The van der Waals surface area contributed by atoms with Crippen LogP contribution in [0.5, 0.6) is 0 Å². The smallest absolute Gasteiger partial charge is 0.303 e. The Bertz CT molecular complexity index is 186. The first-order chi connectivity index (χ1) is 6.63. The number of allylic oxidation sites excluding steroid dienone is 2. The predicted molar refractivity (Wildman–Crippen MR) is 52.1 cm³/mol. The molecule has 0 rings (SSSR count). The fourth-order valence-electron chi connectivity index (χ4n) is 0.978. The number of carboxylic acid groups (broad SMARTS) is 2. The van der Waals surface area contributed by atoms with Crippen molar-refractivity contribution >= 4 is 11.9 Å². The van der Waals surface area contributed by atoms with Gasteiger partial charge in [0, 0.05) is 12.8 Å². The lowest BCUT2D eigenvalue weighted by atomic mass is 10.2. The third-order valence-electron chi connectivity index (χ3n) is 1.69. The van der Waals surface area contributed by atoms with Gasteiger partial charge in [-0.15, -0.1) is 0 Å². The van der Waals surface area contributed by atoms with Crippen LogP contribution in [-0.4, -0.2) is 22.2 Å². The molecule has 0 radical (unpaired) electrons. The predicted octanol–water partition coefficient (Wildman–Crippen LogP) is 2.05. The van der Waals surface area contributed by atoms with Crippen LogP contribution in [0.15, 0.2) is 12.2 Å². The van der Waals surface area contributed by atoms with Gasteiger partial charge >= 0.3 is 11.9 Å². The van der Waals surface area contributed by atoms with Crippen LogP contribution < -0.4 is 0 Å². The summed E-state index contributed by atoms with van der Waals surface area (Å²) in [6.45, 7) is 0. The molecule has 0 heterocycles. The van der Waals surface area contributed by atoms with Crippen LogP contribution in [0.2, 0.25) is 0 Å². The molecule has 4 heteroatoms. The van der Waals surface area contributed by atoms with Gasteiger partial charge in [-0.2, -0.15) is 0 Å². The number of rotatable bonds is 8. The lowest BCUT2D eigenvalue weighted by Crippen LogP contribution is -1.93. The van der Waals surface area contributed by atoms with Crippen LogP contribution in [0.4, 0.5) is 0 Å². The quantitative estimate of drug-likeness (QED) is 0.464. The fourth-order valence-corrected chi connectivity index (χ4v) is 0.978. The highest BCUT2D eigenvalue weighted by molar-refractivity contribution is 5.66. The van der Waals surface area contributed by atoms with E-state index in [1.807, 2.05) is 12.2 Å². The molecule has 0 saturated heterocycles. The molecule has 0 saturated carbocycles. The van der Waals surface area contributed by atoms with Crippen LogP contribution in [0.1, 0.15) is 38.5 Å². The van der Waals surface area contributed by atoms with Crippen molar-refractivity contribution in [1.82, 2.24) is 0 Å². The minimum absolute atomic E-state index is 0.194. The van der Waals surface area contributed by atoms with E-state index in [4.69, 9.17) is 10.2 Å². The van der Waals surface area contributed by atoms with E-state index in [0.29, 0.717) is 12.8 Å². The number of hydrogen-bond acceptors (Lipinski definition) is 2. The van der Waals surface area contributed by atoms with Crippen LogP contribution >= 0.6 is 0 Å². The molecule has 0 aliphatic rings. The zero-order valence-electron chi connectivity index (χ0n) is 8.11. The van der Waals surface area contributed by atoms with Gasteiger partial charge in [0.05, 0.1) is 0 Å². The topological polar surface area (TPSA) is 74.6 Å². The summed E-state index contributed by atoms with van der Waals surface area (Å²) in [4.78, 5) is 20.2. The highest BCUT2D eigenvalue weighted by atomic mass is 16.4. The van der Waals surface area contributed by atoms with Gasteiger partial charge in [0.1, 0.15) is 0 Å². The van der Waals surface area contributed by atoms with Gasteiger partial charge in [-0.05, 0) is 25.7 Å². The van der Waals surface area contributed by atoms with Crippen molar-refractivity contribution in [3.63, 3.8) is 0 Å². The Morgan fingerprint density at radius 2 is 1.21 bits per heavy atom. The van der Waals surface area contributed by atoms with Crippen LogP contribution in [0, 0.1) is 0 Å². The molecule has 0 aliphatic heterocycles. The van der Waals surface area contributed by atoms with Gasteiger partial charge < -0.3 is 10.2 Å². The highest BCUT2D eigenvalue weighted by Crippen LogP contribution is 2.00. The lowest BCUT2D eigenvalue weighted by Gasteiger charge is -1.92. The van der Waals surface area contributed by atoms with E-state index in [2.05, 4.69) is 0 Å². The number of hydrogen-bond donors (Lipinski definition) is 2. The van der Waals surface area contributed by atoms with Gasteiger partial charge in [0.2, 0.25) is 0 Å². The van der Waals surface area contributed by atoms with Crippen LogP contribution in [-0.2, 0) is 9.59 Å². The van der Waals surface area contributed by atoms with E-state index in [9.17, 15) is 9.59 Å². The molecule has 2 N–H and O–H groups in total. The average molecular weight is 200 g/mol. The van der Waals surface area contributed by atoms with Crippen LogP contribution in [0.3, 0.4) is 0 Å². The second-order valence-electron chi connectivity index (χ2n) is 3.04. The SMILES string of the molecule is O=C(O)CCC/C=C\CCCC(=O)O. The van der Waals surface area contributed by atoms with Crippen molar-refractivity contribution in [2.45, 2.75) is 38.5 Å². The van der Waals surface area contributed by atoms with Crippen molar-refractivity contribution in [3.8, 4) is 0 Å². The van der Waals surface area contributed by atoms with Crippen molar-refractivity contribution in [1.29, 1.82) is 0 Å². The third-order valence-corrected chi connectivity index (χ3v) is 1.69. The van der Waals surface area contributed by atoms with Crippen molar-refractivity contribution in [2.24, 2.45) is 0 Å². The summed E-state index contributed by atoms with van der Waals surface area (Å²) in [5, 5.41) is 16.7. The molecule has 0 bridgehead atoms. The summed E-state index contributed by atoms with van der Waals surface area (Å²) in [5.74, 6) is -1.55. The number of aliphatic carboxylic acids is 2. The average Bonchev–Trinajstić information content (AvgIpc) is 2.08. The van der Waals surface area contributed by atoms with Gasteiger partial charge in [-0.25, -0.2) is 0 Å². The van der Waals surface area contributed by atoms with Gasteiger partial charge in [0.25, 0.3) is 0 Å². The maximum Gasteiger partial charge on any atom is 0.303 e. The Morgan fingerprint density at radius 1 is 0.857 bits per heavy atom. The Balaban J connectivity index is 3.19. The molecule has 0 atom stereocenters. The summed E-state index contributed by atoms with van der Waals surface area (Å²) < 4.78 is 0. The number of carbonyl (C=O) groups is 2. The van der Waals surface area contributed by atoms with Gasteiger partial charge in [-0.3, -0.25) is 9.59 Å². The molecule has 14 heavy (non-hydrogen) atoms. The van der Waals surface area contributed by atoms with E-state index >= 15 is 0 Å². The number of unbranched alkanes of at least 4 members (excludes halogenated alkanes) is 2. The maximum absolute atomic E-state index is 10.1. The van der Waals surface area contributed by atoms with Gasteiger partial charge in [0.15, 0.2) is 0 Å². The zero-order valence-corrected chi connectivity index (χ0v) is 8.11. The third kappa shape index (κ3) is 10.7. The Morgan fingerprint density at radius 3 is 1.50 bits per heavy atom. The summed E-state index contributed by atoms with van der Waals surface area (Å²) in [5.41, 5.74) is 0. The van der Waals surface area contributed by atoms with E-state index in [1.165, 1.54) is 0 Å². The first-order valence-corrected chi connectivity index (χ1v) is 4.71. The molecule has 80 valence electrons. The first kappa shape index (κ1) is 12.7. The lowest BCUT2D eigenvalue weighted by molar-refractivity contribution is -0.138. The minimum Gasteiger partial charge on any atom is -0.481 e. The molecule has 0 aromatic rings. The van der Waals surface area contributed by atoms with E-state index in [0.717, 1.165) is 12.8 Å². The first-order valence-electron chi connectivity index (χ1n) is 4.71. The molecule has 0 unspecified atom stereocenters. The Kier molecular flexibility index (Phi) is 7.50. The van der Waals surface area contributed by atoms with Crippen LogP contribution in [0.25, 0.3) is 0 Å². The Hall–Kier alpha value is -1.32. The monoisotopic (exact) mass is 200 g/mol. The van der Waals surface area contributed by atoms with Gasteiger partial charge in [-0.1, -0.05) is 12.2 Å². The molecule has 4 nitrogen and oxygen atoms in total. The fraction of sp³-hybridized carbons (Fsp3) is 0.600.